The molecule has 3 rings (SSSR count). The molecule has 0 bridgehead atoms. The highest BCUT2D eigenvalue weighted by Gasteiger charge is 2.44. The molecule has 7 nitrogen and oxygen atoms in total. The molecule has 0 aliphatic carbocycles. The van der Waals surface area contributed by atoms with Crippen LogP contribution in [0.1, 0.15) is 6.23 Å². The van der Waals surface area contributed by atoms with Crippen molar-refractivity contribution in [1.82, 2.24) is 9.78 Å². The Morgan fingerprint density at radius 2 is 1.85 bits per heavy atom. The van der Waals surface area contributed by atoms with Crippen LogP contribution in [0.2, 0.25) is 0 Å². The zero-order valence-corrected chi connectivity index (χ0v) is 10.6. The molecule has 1 fully saturated rings. The van der Waals surface area contributed by atoms with E-state index in [1.807, 2.05) is 24.3 Å². The van der Waals surface area contributed by atoms with Crippen molar-refractivity contribution in [2.24, 2.45) is 0 Å². The number of benzene rings is 1. The van der Waals surface area contributed by atoms with Gasteiger partial charge >= 0.3 is 0 Å². The van der Waals surface area contributed by atoms with Crippen LogP contribution in [-0.2, 0) is 4.74 Å². The van der Waals surface area contributed by atoms with Crippen molar-refractivity contribution < 1.29 is 25.2 Å². The SMILES string of the molecule is OC[C@H]1O[C@H](n2cc3ccccc3n2)[C@H](O)[C@@H](O)[C@H]1O. The van der Waals surface area contributed by atoms with Crippen molar-refractivity contribution in [3.63, 3.8) is 0 Å². The molecule has 0 amide bonds. The number of fused-ring (bicyclic) bond motifs is 1. The van der Waals surface area contributed by atoms with Crippen LogP contribution < -0.4 is 0 Å². The number of ether oxygens (including phenoxy) is 1. The van der Waals surface area contributed by atoms with Crippen LogP contribution in [0.25, 0.3) is 10.9 Å². The fourth-order valence-electron chi connectivity index (χ4n) is 2.41. The molecule has 1 aromatic carbocycles. The highest BCUT2D eigenvalue weighted by atomic mass is 16.6. The molecule has 1 aliphatic rings. The number of nitrogens with zero attached hydrogens (tertiary/aromatic N) is 2. The summed E-state index contributed by atoms with van der Waals surface area (Å²) in [5, 5.41) is 43.8. The largest absolute Gasteiger partial charge is 0.394 e. The summed E-state index contributed by atoms with van der Waals surface area (Å²) in [6.07, 6.45) is -4.32. The van der Waals surface area contributed by atoms with Crippen LogP contribution in [0.3, 0.4) is 0 Å². The predicted molar refractivity (Wildman–Crippen MR) is 68.7 cm³/mol. The lowest BCUT2D eigenvalue weighted by atomic mass is 9.98. The Bertz CT molecular complexity index is 566. The minimum Gasteiger partial charge on any atom is -0.394 e. The maximum absolute atomic E-state index is 10.0. The molecule has 1 aliphatic heterocycles. The van der Waals surface area contributed by atoms with E-state index in [1.165, 1.54) is 4.68 Å². The van der Waals surface area contributed by atoms with Gasteiger partial charge in [-0.2, -0.15) is 5.10 Å². The Labute approximate surface area is 114 Å². The van der Waals surface area contributed by atoms with Crippen molar-refractivity contribution in [2.75, 3.05) is 6.61 Å². The second kappa shape index (κ2) is 5.12. The van der Waals surface area contributed by atoms with Crippen LogP contribution in [0.5, 0.6) is 0 Å². The van der Waals surface area contributed by atoms with Gasteiger partial charge in [0.15, 0.2) is 6.23 Å². The van der Waals surface area contributed by atoms with Gasteiger partial charge in [-0.3, -0.25) is 0 Å². The highest BCUT2D eigenvalue weighted by Crippen LogP contribution is 2.28. The first-order chi connectivity index (χ1) is 9.61. The van der Waals surface area contributed by atoms with Gasteiger partial charge in [-0.25, -0.2) is 4.68 Å². The maximum atomic E-state index is 10.0. The van der Waals surface area contributed by atoms with Gasteiger partial charge in [0.25, 0.3) is 0 Å². The van der Waals surface area contributed by atoms with Crippen molar-refractivity contribution in [3.8, 4) is 0 Å². The normalized spacial score (nSPS) is 34.5. The lowest BCUT2D eigenvalue weighted by molar-refractivity contribution is -0.253. The summed E-state index contributed by atoms with van der Waals surface area (Å²) < 4.78 is 6.83. The molecule has 108 valence electrons. The summed E-state index contributed by atoms with van der Waals surface area (Å²) in [6.45, 7) is -0.456. The minimum atomic E-state index is -1.40. The highest BCUT2D eigenvalue weighted by molar-refractivity contribution is 5.77. The van der Waals surface area contributed by atoms with Crippen LogP contribution >= 0.6 is 0 Å². The molecular formula is C13H16N2O5. The van der Waals surface area contributed by atoms with E-state index in [1.54, 1.807) is 6.20 Å². The molecule has 0 radical (unpaired) electrons. The van der Waals surface area contributed by atoms with Gasteiger partial charge in [-0.05, 0) is 6.07 Å². The van der Waals surface area contributed by atoms with Gasteiger partial charge in [0.2, 0.25) is 0 Å². The van der Waals surface area contributed by atoms with E-state index in [0.29, 0.717) is 0 Å². The van der Waals surface area contributed by atoms with Crippen LogP contribution in [-0.4, -0.2) is 61.2 Å². The quantitative estimate of drug-likeness (QED) is 0.562. The predicted octanol–water partition coefficient (Wildman–Crippen LogP) is -0.991. The first-order valence-corrected chi connectivity index (χ1v) is 6.36. The van der Waals surface area contributed by atoms with Gasteiger partial charge in [-0.15, -0.1) is 0 Å². The summed E-state index contributed by atoms with van der Waals surface area (Å²) in [7, 11) is 0. The first-order valence-electron chi connectivity index (χ1n) is 6.36. The summed E-state index contributed by atoms with van der Waals surface area (Å²) in [5.41, 5.74) is 0.726. The average Bonchev–Trinajstić information content (AvgIpc) is 2.89. The van der Waals surface area contributed by atoms with E-state index in [2.05, 4.69) is 5.10 Å². The number of rotatable bonds is 2. The molecule has 0 unspecified atom stereocenters. The third kappa shape index (κ3) is 2.09. The topological polar surface area (TPSA) is 108 Å². The Morgan fingerprint density at radius 1 is 1.10 bits per heavy atom. The van der Waals surface area contributed by atoms with Gasteiger partial charge in [0.05, 0.1) is 12.1 Å². The smallest absolute Gasteiger partial charge is 0.179 e. The molecule has 2 aromatic rings. The molecule has 0 saturated carbocycles. The lowest BCUT2D eigenvalue weighted by Crippen LogP contribution is -2.56. The van der Waals surface area contributed by atoms with Gasteiger partial charge in [0.1, 0.15) is 24.4 Å². The number of aliphatic hydroxyl groups excluding tert-OH is 4. The van der Waals surface area contributed by atoms with E-state index < -0.39 is 37.3 Å². The van der Waals surface area contributed by atoms with Crippen LogP contribution in [0.4, 0.5) is 0 Å². The Morgan fingerprint density at radius 3 is 2.55 bits per heavy atom. The third-order valence-electron chi connectivity index (χ3n) is 3.56. The minimum absolute atomic E-state index is 0.456. The van der Waals surface area contributed by atoms with Gasteiger partial charge in [0, 0.05) is 11.6 Å². The zero-order chi connectivity index (χ0) is 14.3. The Hall–Kier alpha value is -1.51. The Balaban J connectivity index is 1.95. The fraction of sp³-hybridized carbons (Fsp3) is 0.462. The Kier molecular flexibility index (Phi) is 3.45. The summed E-state index contributed by atoms with van der Waals surface area (Å²) in [5.74, 6) is 0. The van der Waals surface area contributed by atoms with E-state index in [4.69, 9.17) is 9.84 Å². The first kappa shape index (κ1) is 13.5. The molecular weight excluding hydrogens is 264 g/mol. The van der Waals surface area contributed by atoms with Crippen molar-refractivity contribution in [3.05, 3.63) is 30.5 Å². The van der Waals surface area contributed by atoms with E-state index >= 15 is 0 Å². The summed E-state index contributed by atoms with van der Waals surface area (Å²) in [6, 6.07) is 7.38. The molecule has 1 aromatic heterocycles. The summed E-state index contributed by atoms with van der Waals surface area (Å²) >= 11 is 0. The monoisotopic (exact) mass is 280 g/mol. The van der Waals surface area contributed by atoms with Gasteiger partial charge < -0.3 is 25.2 Å². The molecule has 2 heterocycles. The summed E-state index contributed by atoms with van der Waals surface area (Å²) in [4.78, 5) is 0. The second-order valence-corrected chi connectivity index (χ2v) is 4.89. The van der Waals surface area contributed by atoms with E-state index in [9.17, 15) is 15.3 Å². The fourth-order valence-corrected chi connectivity index (χ4v) is 2.41. The molecule has 0 spiro atoms. The number of hydrogen-bond acceptors (Lipinski definition) is 6. The molecule has 5 atom stereocenters. The second-order valence-electron chi connectivity index (χ2n) is 4.89. The molecule has 1 saturated heterocycles. The van der Waals surface area contributed by atoms with Crippen LogP contribution in [0, 0.1) is 0 Å². The molecule has 7 heteroatoms. The van der Waals surface area contributed by atoms with Gasteiger partial charge in [-0.1, -0.05) is 18.2 Å². The van der Waals surface area contributed by atoms with E-state index in [0.717, 1.165) is 10.9 Å². The number of aromatic nitrogens is 2. The maximum Gasteiger partial charge on any atom is 0.179 e. The van der Waals surface area contributed by atoms with Crippen molar-refractivity contribution >= 4 is 10.9 Å². The molecule has 4 N–H and O–H groups in total. The lowest BCUT2D eigenvalue weighted by Gasteiger charge is -2.39. The van der Waals surface area contributed by atoms with E-state index in [-0.39, 0.29) is 0 Å². The van der Waals surface area contributed by atoms with Crippen LogP contribution in [0.15, 0.2) is 30.5 Å². The number of hydrogen-bond donors (Lipinski definition) is 4. The zero-order valence-electron chi connectivity index (χ0n) is 10.6. The van der Waals surface area contributed by atoms with Crippen molar-refractivity contribution in [2.45, 2.75) is 30.6 Å². The average molecular weight is 280 g/mol. The third-order valence-corrected chi connectivity index (χ3v) is 3.56. The number of aliphatic hydroxyl groups is 4. The molecule has 20 heavy (non-hydrogen) atoms. The standard InChI is InChI=1S/C13H16N2O5/c16-6-9-10(17)11(18)12(19)13(20-9)15-5-7-3-1-2-4-8(7)14-15/h1-5,9-13,16-19H,6H2/t9-,10+,11+,12-,13+/m1/s1. The van der Waals surface area contributed by atoms with Crippen molar-refractivity contribution in [1.29, 1.82) is 0 Å².